The monoisotopic (exact) mass is 400 g/mol. The number of tetrazole rings is 1. The molecule has 2 fully saturated rings. The van der Waals surface area contributed by atoms with Crippen LogP contribution in [0.15, 0.2) is 30.6 Å². The molecule has 0 bridgehead atoms. The highest BCUT2D eigenvalue weighted by Crippen LogP contribution is 2.43. The molecular formula is C21H29FN6O. The number of halogens is 1. The summed E-state index contributed by atoms with van der Waals surface area (Å²) < 4.78 is 16.1. The van der Waals surface area contributed by atoms with Gasteiger partial charge in [0, 0.05) is 37.5 Å². The Balaban J connectivity index is 1.28. The van der Waals surface area contributed by atoms with Crippen LogP contribution in [0.1, 0.15) is 50.5 Å². The van der Waals surface area contributed by atoms with E-state index >= 15 is 0 Å². The van der Waals surface area contributed by atoms with Gasteiger partial charge in [0.15, 0.2) is 0 Å². The number of benzene rings is 1. The molecule has 2 aromatic rings. The summed E-state index contributed by atoms with van der Waals surface area (Å²) in [5, 5.41) is 14.1. The van der Waals surface area contributed by atoms with E-state index in [4.69, 9.17) is 0 Å². The molecule has 1 saturated carbocycles. The standard InChI is InChI=1S/C21H29FN6O/c22-19-6-2-1-5-18(19)21(10-3-4-11-21)15-27-12-7-17(8-13-27)24-20(29)9-14-28-16-23-25-26-28/h1-2,5-6,16-17H,3-4,7-15H2,(H,24,29). The minimum atomic E-state index is -0.0702. The molecule has 1 aromatic carbocycles. The van der Waals surface area contributed by atoms with Crippen molar-refractivity contribution in [2.75, 3.05) is 19.6 Å². The van der Waals surface area contributed by atoms with Crippen LogP contribution in [0.3, 0.4) is 0 Å². The first kappa shape index (κ1) is 19.9. The lowest BCUT2D eigenvalue weighted by Crippen LogP contribution is -2.48. The van der Waals surface area contributed by atoms with Crippen LogP contribution >= 0.6 is 0 Å². The van der Waals surface area contributed by atoms with Crippen LogP contribution in [0, 0.1) is 5.82 Å². The number of rotatable bonds is 7. The van der Waals surface area contributed by atoms with Crippen molar-refractivity contribution in [3.63, 3.8) is 0 Å². The summed E-state index contributed by atoms with van der Waals surface area (Å²) in [5.41, 5.74) is 0.823. The minimum absolute atomic E-state index is 0.0394. The van der Waals surface area contributed by atoms with Crippen LogP contribution in [0.2, 0.25) is 0 Å². The van der Waals surface area contributed by atoms with Crippen LogP contribution in [0.25, 0.3) is 0 Å². The average Bonchev–Trinajstić information content (AvgIpc) is 3.41. The van der Waals surface area contributed by atoms with Crippen LogP contribution in [-0.2, 0) is 16.8 Å². The van der Waals surface area contributed by atoms with Crippen LogP contribution in [0.5, 0.6) is 0 Å². The highest BCUT2D eigenvalue weighted by atomic mass is 19.1. The van der Waals surface area contributed by atoms with Gasteiger partial charge in [-0.1, -0.05) is 31.0 Å². The fraction of sp³-hybridized carbons (Fsp3) is 0.619. The zero-order valence-electron chi connectivity index (χ0n) is 16.8. The minimum Gasteiger partial charge on any atom is -0.353 e. The fourth-order valence-electron chi connectivity index (χ4n) is 4.92. The van der Waals surface area contributed by atoms with Crippen LogP contribution < -0.4 is 5.32 Å². The molecule has 0 atom stereocenters. The first-order valence-corrected chi connectivity index (χ1v) is 10.6. The van der Waals surface area contributed by atoms with Crippen LogP contribution in [0.4, 0.5) is 4.39 Å². The molecule has 0 spiro atoms. The number of nitrogens with one attached hydrogen (secondary N) is 1. The number of aryl methyl sites for hydroxylation is 1. The molecule has 7 nitrogen and oxygen atoms in total. The maximum atomic E-state index is 14.5. The molecule has 0 radical (unpaired) electrons. The smallest absolute Gasteiger partial charge is 0.222 e. The van der Waals surface area contributed by atoms with E-state index in [1.54, 1.807) is 16.8 Å². The Bertz CT molecular complexity index is 797. The van der Waals surface area contributed by atoms with Crippen molar-refractivity contribution >= 4 is 5.91 Å². The molecular weight excluding hydrogens is 371 g/mol. The molecule has 156 valence electrons. The van der Waals surface area contributed by atoms with Crippen molar-refractivity contribution in [3.8, 4) is 0 Å². The van der Waals surface area contributed by atoms with Crippen molar-refractivity contribution in [2.45, 2.75) is 62.9 Å². The van der Waals surface area contributed by atoms with Gasteiger partial charge in [0.05, 0.1) is 6.54 Å². The third-order valence-corrected chi connectivity index (χ3v) is 6.44. The number of nitrogens with zero attached hydrogens (tertiary/aromatic N) is 5. The van der Waals surface area contributed by atoms with E-state index < -0.39 is 0 Å². The molecule has 2 aliphatic rings. The summed E-state index contributed by atoms with van der Waals surface area (Å²) in [6.45, 7) is 3.28. The number of likely N-dealkylation sites (tertiary alicyclic amines) is 1. The van der Waals surface area contributed by atoms with Crippen LogP contribution in [-0.4, -0.2) is 56.7 Å². The summed E-state index contributed by atoms with van der Waals surface area (Å²) in [7, 11) is 0. The quantitative estimate of drug-likeness (QED) is 0.772. The summed E-state index contributed by atoms with van der Waals surface area (Å²) in [6.07, 6.45) is 8.21. The van der Waals surface area contributed by atoms with E-state index in [-0.39, 0.29) is 23.2 Å². The van der Waals surface area contributed by atoms with Gasteiger partial charge in [-0.2, -0.15) is 0 Å². The second kappa shape index (κ2) is 8.98. The second-order valence-corrected chi connectivity index (χ2v) is 8.41. The zero-order chi connectivity index (χ0) is 20.1. The third-order valence-electron chi connectivity index (χ3n) is 6.44. The largest absolute Gasteiger partial charge is 0.353 e. The van der Waals surface area contributed by atoms with E-state index in [9.17, 15) is 9.18 Å². The number of hydrogen-bond acceptors (Lipinski definition) is 5. The van der Waals surface area contributed by atoms with Gasteiger partial charge in [0.2, 0.25) is 5.91 Å². The number of piperidine rings is 1. The third kappa shape index (κ3) is 4.80. The van der Waals surface area contributed by atoms with E-state index in [1.165, 1.54) is 19.2 Å². The summed E-state index contributed by atoms with van der Waals surface area (Å²) >= 11 is 0. The number of carbonyl (C=O) groups excluding carboxylic acids is 1. The van der Waals surface area contributed by atoms with Gasteiger partial charge in [-0.15, -0.1) is 5.10 Å². The Hall–Kier alpha value is -2.35. The molecule has 2 heterocycles. The Morgan fingerprint density at radius 3 is 2.66 bits per heavy atom. The number of hydrogen-bond donors (Lipinski definition) is 1. The number of aromatic nitrogens is 4. The van der Waals surface area contributed by atoms with Gasteiger partial charge >= 0.3 is 0 Å². The van der Waals surface area contributed by atoms with Gasteiger partial charge in [-0.3, -0.25) is 4.79 Å². The van der Waals surface area contributed by atoms with Crippen molar-refractivity contribution in [1.82, 2.24) is 30.4 Å². The normalized spacial score (nSPS) is 20.0. The highest BCUT2D eigenvalue weighted by Gasteiger charge is 2.39. The van der Waals surface area contributed by atoms with E-state index in [0.717, 1.165) is 50.9 Å². The SMILES string of the molecule is O=C(CCn1cnnn1)NC1CCN(CC2(c3ccccc3F)CCCC2)CC1. The molecule has 0 unspecified atom stereocenters. The Morgan fingerprint density at radius 1 is 1.21 bits per heavy atom. The predicted molar refractivity (Wildman–Crippen MR) is 107 cm³/mol. The summed E-state index contributed by atoms with van der Waals surface area (Å²) in [6, 6.07) is 7.50. The summed E-state index contributed by atoms with van der Waals surface area (Å²) in [5.74, 6) is -0.0308. The molecule has 1 aromatic heterocycles. The van der Waals surface area contributed by atoms with Gasteiger partial charge in [-0.25, -0.2) is 9.07 Å². The van der Waals surface area contributed by atoms with Crippen molar-refractivity contribution in [1.29, 1.82) is 0 Å². The van der Waals surface area contributed by atoms with Crippen molar-refractivity contribution in [2.24, 2.45) is 0 Å². The molecule has 8 heteroatoms. The number of carbonyl (C=O) groups is 1. The Morgan fingerprint density at radius 2 is 1.97 bits per heavy atom. The molecule has 1 amide bonds. The van der Waals surface area contributed by atoms with Crippen molar-refractivity contribution < 1.29 is 9.18 Å². The van der Waals surface area contributed by atoms with E-state index in [2.05, 4.69) is 25.7 Å². The van der Waals surface area contributed by atoms with E-state index in [1.807, 2.05) is 12.1 Å². The molecule has 1 aliphatic heterocycles. The fourth-order valence-corrected chi connectivity index (χ4v) is 4.92. The Labute approximate surface area is 170 Å². The van der Waals surface area contributed by atoms with Crippen molar-refractivity contribution in [3.05, 3.63) is 42.0 Å². The van der Waals surface area contributed by atoms with Gasteiger partial charge in [-0.05, 0) is 47.7 Å². The maximum absolute atomic E-state index is 14.5. The number of amides is 1. The van der Waals surface area contributed by atoms with Gasteiger partial charge in [0.1, 0.15) is 12.1 Å². The second-order valence-electron chi connectivity index (χ2n) is 8.41. The average molecular weight is 401 g/mol. The lowest BCUT2D eigenvalue weighted by Gasteiger charge is -2.39. The van der Waals surface area contributed by atoms with Gasteiger partial charge in [0.25, 0.3) is 0 Å². The lowest BCUT2D eigenvalue weighted by molar-refractivity contribution is -0.122. The molecule has 4 rings (SSSR count). The predicted octanol–water partition coefficient (Wildman–Crippen LogP) is 2.29. The molecule has 1 N–H and O–H groups in total. The zero-order valence-corrected chi connectivity index (χ0v) is 16.8. The van der Waals surface area contributed by atoms with E-state index in [0.29, 0.717) is 13.0 Å². The topological polar surface area (TPSA) is 75.9 Å². The molecule has 29 heavy (non-hydrogen) atoms. The molecule has 1 aliphatic carbocycles. The molecule has 1 saturated heterocycles. The van der Waals surface area contributed by atoms with Gasteiger partial charge < -0.3 is 10.2 Å². The maximum Gasteiger partial charge on any atom is 0.222 e. The highest BCUT2D eigenvalue weighted by molar-refractivity contribution is 5.76. The lowest BCUT2D eigenvalue weighted by atomic mass is 9.77. The first-order chi connectivity index (χ1) is 14.1. The first-order valence-electron chi connectivity index (χ1n) is 10.6. The summed E-state index contributed by atoms with van der Waals surface area (Å²) in [4.78, 5) is 14.7. The Kier molecular flexibility index (Phi) is 6.18.